The van der Waals surface area contributed by atoms with Gasteiger partial charge in [-0.25, -0.2) is 4.98 Å². The van der Waals surface area contributed by atoms with Crippen molar-refractivity contribution in [2.45, 2.75) is 84.2 Å². The number of nitrogens with zero attached hydrogens (tertiary/aromatic N) is 1. The Morgan fingerprint density at radius 1 is 1.26 bits per heavy atom. The van der Waals surface area contributed by atoms with E-state index in [4.69, 9.17) is 16.3 Å². The van der Waals surface area contributed by atoms with E-state index in [1.54, 1.807) is 25.3 Å². The van der Waals surface area contributed by atoms with E-state index in [-0.39, 0.29) is 24.4 Å². The van der Waals surface area contributed by atoms with E-state index in [2.05, 4.69) is 22.5 Å². The summed E-state index contributed by atoms with van der Waals surface area (Å²) in [6, 6.07) is 3.40. The van der Waals surface area contributed by atoms with Crippen LogP contribution in [-0.4, -0.2) is 64.4 Å². The van der Waals surface area contributed by atoms with Crippen molar-refractivity contribution in [3.63, 3.8) is 0 Å². The first kappa shape index (κ1) is 29.5. The lowest BCUT2D eigenvalue weighted by Crippen LogP contribution is -2.53. The number of pyridine rings is 1. The molecule has 9 heteroatoms. The molecular formula is C26H42ClN3O5. The van der Waals surface area contributed by atoms with Crippen molar-refractivity contribution in [2.75, 3.05) is 18.4 Å². The third-order valence-electron chi connectivity index (χ3n) is 7.32. The molecule has 0 aromatic carbocycles. The van der Waals surface area contributed by atoms with Gasteiger partial charge in [0.25, 0.3) is 0 Å². The number of rotatable bonds is 5. The molecule has 0 saturated carbocycles. The summed E-state index contributed by atoms with van der Waals surface area (Å²) in [6.45, 7) is 10.2. The number of carbonyl (C=O) groups is 2. The maximum atomic E-state index is 13.2. The number of cyclic esters (lactones) is 1. The Hall–Kier alpha value is -1.74. The average Bonchev–Trinajstić information content (AvgIpc) is 2.83. The number of aliphatic hydroxyl groups is 2. The van der Waals surface area contributed by atoms with E-state index < -0.39 is 35.6 Å². The second kappa shape index (κ2) is 13.5. The number of aldehydes is 1. The first-order valence-corrected chi connectivity index (χ1v) is 13.0. The van der Waals surface area contributed by atoms with Gasteiger partial charge in [-0.05, 0) is 70.0 Å². The zero-order valence-electron chi connectivity index (χ0n) is 21.5. The minimum atomic E-state index is -1.52. The number of hydrogen-bond acceptors (Lipinski definition) is 8. The zero-order valence-corrected chi connectivity index (χ0v) is 22.3. The Balaban J connectivity index is 2.35. The fourth-order valence-electron chi connectivity index (χ4n) is 4.83. The van der Waals surface area contributed by atoms with Crippen molar-refractivity contribution in [1.82, 2.24) is 10.3 Å². The summed E-state index contributed by atoms with van der Waals surface area (Å²) in [5, 5.41) is 29.6. The molecule has 1 fully saturated rings. The zero-order chi connectivity index (χ0) is 26.2. The SMILES string of the molecule is CC[C@H]1OC(=O)C(C)[C@@](O)(CNc2ccc(Cl)nc2)[C@H](C)C[C@@H](C=O)C[C@@H](C)CN[C@H](C)C[C@@H]1O. The molecule has 1 aromatic rings. The van der Waals surface area contributed by atoms with Crippen molar-refractivity contribution >= 4 is 29.5 Å². The number of anilines is 1. The molecule has 1 unspecified atom stereocenters. The fourth-order valence-corrected chi connectivity index (χ4v) is 4.94. The van der Waals surface area contributed by atoms with E-state index in [1.165, 1.54) is 0 Å². The van der Waals surface area contributed by atoms with Gasteiger partial charge in [0.05, 0.1) is 29.5 Å². The smallest absolute Gasteiger partial charge is 0.312 e. The second-order valence-corrected chi connectivity index (χ2v) is 10.7. The first-order chi connectivity index (χ1) is 16.5. The lowest BCUT2D eigenvalue weighted by Gasteiger charge is -2.40. The van der Waals surface area contributed by atoms with E-state index in [0.717, 1.165) is 6.29 Å². The summed E-state index contributed by atoms with van der Waals surface area (Å²) < 4.78 is 5.73. The Morgan fingerprint density at radius 3 is 2.57 bits per heavy atom. The van der Waals surface area contributed by atoms with Gasteiger partial charge in [0.2, 0.25) is 0 Å². The van der Waals surface area contributed by atoms with Crippen LogP contribution in [0.1, 0.15) is 60.3 Å². The number of aromatic nitrogens is 1. The molecule has 8 nitrogen and oxygen atoms in total. The standard InChI is InChI=1S/C26H42ClN3O5/c1-6-23-22(32)11-18(4)28-12-16(2)9-20(14-31)10-17(3)26(34,19(5)25(33)35-23)15-30-21-7-8-24(27)29-13-21/h7-8,13-14,16-20,22-23,28,30,32,34H,6,9-12,15H2,1-5H3/t16-,17-,18-,19?,20+,22+,23-,26-/m1/s1. The van der Waals surface area contributed by atoms with Crippen LogP contribution in [0.15, 0.2) is 18.3 Å². The van der Waals surface area contributed by atoms with Crippen LogP contribution in [0.25, 0.3) is 0 Å². The molecule has 0 bridgehead atoms. The molecule has 35 heavy (non-hydrogen) atoms. The largest absolute Gasteiger partial charge is 0.459 e. The molecule has 198 valence electrons. The summed E-state index contributed by atoms with van der Waals surface area (Å²) in [7, 11) is 0. The molecule has 1 aliphatic rings. The first-order valence-electron chi connectivity index (χ1n) is 12.6. The van der Waals surface area contributed by atoms with Gasteiger partial charge in [-0.2, -0.15) is 0 Å². The van der Waals surface area contributed by atoms with E-state index >= 15 is 0 Å². The third kappa shape index (κ3) is 8.41. The normalized spacial score (nSPS) is 35.9. The van der Waals surface area contributed by atoms with Crippen molar-refractivity contribution < 1.29 is 24.5 Å². The molecule has 0 amide bonds. The van der Waals surface area contributed by atoms with Gasteiger partial charge in [-0.1, -0.05) is 32.4 Å². The van der Waals surface area contributed by atoms with Crippen molar-refractivity contribution in [3.8, 4) is 0 Å². The number of aliphatic hydroxyl groups excluding tert-OH is 1. The molecule has 2 heterocycles. The molecule has 8 atom stereocenters. The molecule has 1 saturated heterocycles. The van der Waals surface area contributed by atoms with Crippen LogP contribution in [0.4, 0.5) is 5.69 Å². The van der Waals surface area contributed by atoms with Crippen LogP contribution >= 0.6 is 11.6 Å². The maximum absolute atomic E-state index is 13.2. The van der Waals surface area contributed by atoms with E-state index in [9.17, 15) is 19.8 Å². The van der Waals surface area contributed by atoms with Gasteiger partial charge in [0, 0.05) is 18.5 Å². The summed E-state index contributed by atoms with van der Waals surface area (Å²) >= 11 is 5.88. The number of ether oxygens (including phenoxy) is 1. The molecular weight excluding hydrogens is 470 g/mol. The molecule has 4 N–H and O–H groups in total. The molecule has 0 radical (unpaired) electrons. The van der Waals surface area contributed by atoms with Crippen molar-refractivity contribution in [3.05, 3.63) is 23.5 Å². The predicted molar refractivity (Wildman–Crippen MR) is 137 cm³/mol. The molecule has 1 aromatic heterocycles. The van der Waals surface area contributed by atoms with Gasteiger partial charge >= 0.3 is 5.97 Å². The number of halogens is 1. The fraction of sp³-hybridized carbons (Fsp3) is 0.731. The van der Waals surface area contributed by atoms with Gasteiger partial charge < -0.3 is 30.4 Å². The van der Waals surface area contributed by atoms with Gasteiger partial charge in [0.15, 0.2) is 0 Å². The van der Waals surface area contributed by atoms with Gasteiger partial charge in [-0.3, -0.25) is 4.79 Å². The van der Waals surface area contributed by atoms with Gasteiger partial charge in [0.1, 0.15) is 17.5 Å². The van der Waals surface area contributed by atoms with Crippen molar-refractivity contribution in [1.29, 1.82) is 0 Å². The summed E-state index contributed by atoms with van der Waals surface area (Å²) in [6.07, 6.45) is 2.98. The molecule has 0 spiro atoms. The number of carbonyl (C=O) groups excluding carboxylic acids is 2. The molecule has 2 rings (SSSR count). The van der Waals surface area contributed by atoms with Crippen molar-refractivity contribution in [2.24, 2.45) is 23.7 Å². The van der Waals surface area contributed by atoms with Crippen LogP contribution in [0.2, 0.25) is 5.15 Å². The van der Waals surface area contributed by atoms with Crippen LogP contribution in [0.3, 0.4) is 0 Å². The predicted octanol–water partition coefficient (Wildman–Crippen LogP) is 3.45. The number of nitrogens with one attached hydrogen (secondary N) is 2. The van der Waals surface area contributed by atoms with E-state index in [0.29, 0.717) is 43.1 Å². The highest BCUT2D eigenvalue weighted by atomic mass is 35.5. The molecule has 0 aliphatic carbocycles. The average molecular weight is 512 g/mol. The third-order valence-corrected chi connectivity index (χ3v) is 7.55. The van der Waals surface area contributed by atoms with Crippen LogP contribution in [0, 0.1) is 23.7 Å². The minimum absolute atomic E-state index is 0.0190. The van der Waals surface area contributed by atoms with Crippen LogP contribution in [0.5, 0.6) is 0 Å². The lowest BCUT2D eigenvalue weighted by atomic mass is 9.73. The Morgan fingerprint density at radius 2 is 1.97 bits per heavy atom. The topological polar surface area (TPSA) is 121 Å². The highest BCUT2D eigenvalue weighted by molar-refractivity contribution is 6.29. The summed E-state index contributed by atoms with van der Waals surface area (Å²) in [5.74, 6) is -1.92. The van der Waals surface area contributed by atoms with Crippen LogP contribution in [-0.2, 0) is 14.3 Å². The van der Waals surface area contributed by atoms with Gasteiger partial charge in [-0.15, -0.1) is 0 Å². The quantitative estimate of drug-likeness (QED) is 0.269. The number of esters is 1. The Labute approximate surface area is 214 Å². The molecule has 1 aliphatic heterocycles. The summed E-state index contributed by atoms with van der Waals surface area (Å²) in [4.78, 5) is 29.2. The summed E-state index contributed by atoms with van der Waals surface area (Å²) in [5.41, 5.74) is -0.870. The lowest BCUT2D eigenvalue weighted by molar-refractivity contribution is -0.172. The Bertz CT molecular complexity index is 811. The van der Waals surface area contributed by atoms with E-state index in [1.807, 2.05) is 20.8 Å². The Kier molecular flexibility index (Phi) is 11.4. The highest BCUT2D eigenvalue weighted by Crippen LogP contribution is 2.34. The minimum Gasteiger partial charge on any atom is -0.459 e. The van der Waals surface area contributed by atoms with Crippen LogP contribution < -0.4 is 10.6 Å². The highest BCUT2D eigenvalue weighted by Gasteiger charge is 2.45. The second-order valence-electron chi connectivity index (χ2n) is 10.3. The monoisotopic (exact) mass is 511 g/mol. The maximum Gasteiger partial charge on any atom is 0.312 e. The number of hydrogen-bond donors (Lipinski definition) is 4.